The van der Waals surface area contributed by atoms with Gasteiger partial charge in [0.15, 0.2) is 0 Å². The van der Waals surface area contributed by atoms with E-state index in [1.807, 2.05) is 0 Å². The third kappa shape index (κ3) is 2.13. The molecule has 0 aliphatic carbocycles. The Bertz CT molecular complexity index is 529. The number of carbonyl (C=O) groups is 1. The van der Waals surface area contributed by atoms with Gasteiger partial charge in [0.25, 0.3) is 5.79 Å². The molecule has 0 spiro atoms. The highest BCUT2D eigenvalue weighted by Crippen LogP contribution is 2.37. The van der Waals surface area contributed by atoms with Crippen molar-refractivity contribution in [3.8, 4) is 0 Å². The molecule has 0 N–H and O–H groups in total. The van der Waals surface area contributed by atoms with E-state index in [0.717, 1.165) is 12.3 Å². The van der Waals surface area contributed by atoms with Gasteiger partial charge in [0.2, 0.25) is 5.76 Å². The van der Waals surface area contributed by atoms with Crippen molar-refractivity contribution in [2.45, 2.75) is 12.7 Å². The van der Waals surface area contributed by atoms with Crippen molar-refractivity contribution in [2.75, 3.05) is 7.11 Å². The molecule has 2 rings (SSSR count). The average Bonchev–Trinajstić information content (AvgIpc) is 2.71. The zero-order chi connectivity index (χ0) is 13.3. The highest BCUT2D eigenvalue weighted by molar-refractivity contribution is 6.30. The van der Waals surface area contributed by atoms with Crippen molar-refractivity contribution in [3.05, 3.63) is 46.6 Å². The molecule has 0 saturated heterocycles. The summed E-state index contributed by atoms with van der Waals surface area (Å²) in [6.07, 6.45) is 1.10. The second kappa shape index (κ2) is 4.49. The van der Waals surface area contributed by atoms with Crippen LogP contribution in [-0.2, 0) is 24.8 Å². The first-order valence-electron chi connectivity index (χ1n) is 5.07. The van der Waals surface area contributed by atoms with E-state index in [0.29, 0.717) is 0 Å². The van der Waals surface area contributed by atoms with Gasteiger partial charge in [-0.05, 0) is 18.2 Å². The van der Waals surface area contributed by atoms with Crippen LogP contribution in [0.15, 0.2) is 30.2 Å². The fraction of sp³-hybridized carbons (Fsp3) is 0.250. The van der Waals surface area contributed by atoms with Gasteiger partial charge in [-0.1, -0.05) is 11.6 Å². The third-order valence-corrected chi connectivity index (χ3v) is 2.74. The first-order chi connectivity index (χ1) is 8.46. The van der Waals surface area contributed by atoms with Crippen LogP contribution in [0.4, 0.5) is 4.39 Å². The number of hydrogen-bond donors (Lipinski definition) is 0. The molecule has 0 radical (unpaired) electrons. The van der Waals surface area contributed by atoms with Crippen molar-refractivity contribution in [1.82, 2.24) is 0 Å². The van der Waals surface area contributed by atoms with Crippen LogP contribution in [0.25, 0.3) is 0 Å². The molecule has 1 aromatic carbocycles. The zero-order valence-electron chi connectivity index (χ0n) is 9.70. The highest BCUT2D eigenvalue weighted by atomic mass is 35.5. The van der Waals surface area contributed by atoms with Crippen LogP contribution in [0.2, 0.25) is 5.02 Å². The van der Waals surface area contributed by atoms with Gasteiger partial charge in [-0.15, -0.1) is 0 Å². The molecule has 0 amide bonds. The Morgan fingerprint density at radius 2 is 2.22 bits per heavy atom. The summed E-state index contributed by atoms with van der Waals surface area (Å²) in [5.74, 6) is -2.79. The molecule has 4 nitrogen and oxygen atoms in total. The monoisotopic (exact) mass is 272 g/mol. The summed E-state index contributed by atoms with van der Waals surface area (Å²) in [6, 6.07) is 4.09. The summed E-state index contributed by atoms with van der Waals surface area (Å²) in [5, 5.41) is 0.263. The molecule has 0 bridgehead atoms. The zero-order valence-corrected chi connectivity index (χ0v) is 10.5. The van der Waals surface area contributed by atoms with E-state index in [1.165, 1.54) is 26.2 Å². The van der Waals surface area contributed by atoms with Gasteiger partial charge >= 0.3 is 5.97 Å². The van der Waals surface area contributed by atoms with Crippen LogP contribution in [-0.4, -0.2) is 13.1 Å². The van der Waals surface area contributed by atoms with Crippen LogP contribution in [0.5, 0.6) is 0 Å². The summed E-state index contributed by atoms with van der Waals surface area (Å²) in [6.45, 7) is 1.49. The molecule has 1 unspecified atom stereocenters. The highest BCUT2D eigenvalue weighted by Gasteiger charge is 2.40. The predicted molar refractivity (Wildman–Crippen MR) is 61.0 cm³/mol. The molecule has 0 saturated carbocycles. The molecule has 1 aliphatic rings. The normalized spacial score (nSPS) is 21.9. The number of carbonyl (C=O) groups excluding carboxylic acids is 1. The van der Waals surface area contributed by atoms with Crippen molar-refractivity contribution in [2.24, 2.45) is 0 Å². The van der Waals surface area contributed by atoms with E-state index in [-0.39, 0.29) is 16.3 Å². The van der Waals surface area contributed by atoms with Gasteiger partial charge in [-0.25, -0.2) is 9.18 Å². The van der Waals surface area contributed by atoms with Crippen LogP contribution in [0.3, 0.4) is 0 Å². The lowest BCUT2D eigenvalue weighted by Crippen LogP contribution is -2.25. The Kier molecular flexibility index (Phi) is 3.17. The van der Waals surface area contributed by atoms with Crippen molar-refractivity contribution >= 4 is 17.6 Å². The topological polar surface area (TPSA) is 44.8 Å². The molecule has 1 heterocycles. The summed E-state index contributed by atoms with van der Waals surface area (Å²) in [5.41, 5.74) is 0.141. The van der Waals surface area contributed by atoms with Crippen molar-refractivity contribution in [1.29, 1.82) is 0 Å². The van der Waals surface area contributed by atoms with Gasteiger partial charge in [0.1, 0.15) is 12.1 Å². The minimum atomic E-state index is -1.40. The van der Waals surface area contributed by atoms with Crippen LogP contribution in [0, 0.1) is 5.82 Å². The predicted octanol–water partition coefficient (Wildman–Crippen LogP) is 2.71. The first kappa shape index (κ1) is 12.7. The minimum absolute atomic E-state index is 0.116. The summed E-state index contributed by atoms with van der Waals surface area (Å²) >= 11 is 5.66. The van der Waals surface area contributed by atoms with Gasteiger partial charge in [0.05, 0.1) is 12.7 Å². The molecule has 0 fully saturated rings. The molecule has 6 heteroatoms. The van der Waals surface area contributed by atoms with E-state index >= 15 is 0 Å². The summed E-state index contributed by atoms with van der Waals surface area (Å²) < 4.78 is 28.8. The smallest absolute Gasteiger partial charge is 0.376 e. The second-order valence-electron chi connectivity index (χ2n) is 3.76. The average molecular weight is 273 g/mol. The number of ether oxygens (including phenoxy) is 3. The summed E-state index contributed by atoms with van der Waals surface area (Å²) in [7, 11) is 1.21. The fourth-order valence-electron chi connectivity index (χ4n) is 1.59. The standard InChI is InChI=1S/C12H10ClFO4/c1-12(8-4-3-7(13)5-9(8)14)17-6-10(18-12)11(15)16-2/h3-6H,1-2H3. The van der Waals surface area contributed by atoms with Gasteiger partial charge in [0, 0.05) is 11.9 Å². The first-order valence-corrected chi connectivity index (χ1v) is 5.45. The maximum atomic E-state index is 13.8. The van der Waals surface area contributed by atoms with Crippen LogP contribution >= 0.6 is 11.6 Å². The molecule has 1 atom stereocenters. The SMILES string of the molecule is COC(=O)C1=COC(C)(c2ccc(Cl)cc2F)O1. The molecule has 0 aromatic heterocycles. The lowest BCUT2D eigenvalue weighted by Gasteiger charge is -2.24. The Morgan fingerprint density at radius 1 is 1.50 bits per heavy atom. The van der Waals surface area contributed by atoms with E-state index in [1.54, 1.807) is 0 Å². The lowest BCUT2D eigenvalue weighted by atomic mass is 10.1. The minimum Gasteiger partial charge on any atom is -0.463 e. The number of hydrogen-bond acceptors (Lipinski definition) is 4. The van der Waals surface area contributed by atoms with Crippen LogP contribution < -0.4 is 0 Å². The number of rotatable bonds is 2. The Labute approximate surface area is 108 Å². The molecular weight excluding hydrogens is 263 g/mol. The Morgan fingerprint density at radius 3 is 2.83 bits per heavy atom. The van der Waals surface area contributed by atoms with Crippen LogP contribution in [0.1, 0.15) is 12.5 Å². The number of methoxy groups -OCH3 is 1. The van der Waals surface area contributed by atoms with Gasteiger partial charge in [-0.3, -0.25) is 0 Å². The maximum Gasteiger partial charge on any atom is 0.376 e. The lowest BCUT2D eigenvalue weighted by molar-refractivity contribution is -0.161. The quantitative estimate of drug-likeness (QED) is 0.777. The molecule has 18 heavy (non-hydrogen) atoms. The fourth-order valence-corrected chi connectivity index (χ4v) is 1.75. The largest absolute Gasteiger partial charge is 0.463 e. The van der Waals surface area contributed by atoms with Crippen molar-refractivity contribution < 1.29 is 23.4 Å². The number of halogens is 2. The third-order valence-electron chi connectivity index (χ3n) is 2.50. The van der Waals surface area contributed by atoms with E-state index < -0.39 is 17.6 Å². The molecule has 96 valence electrons. The molecular formula is C12H10ClFO4. The van der Waals surface area contributed by atoms with Crippen molar-refractivity contribution in [3.63, 3.8) is 0 Å². The second-order valence-corrected chi connectivity index (χ2v) is 4.20. The van der Waals surface area contributed by atoms with E-state index in [9.17, 15) is 9.18 Å². The van der Waals surface area contributed by atoms with Gasteiger partial charge in [-0.2, -0.15) is 0 Å². The number of esters is 1. The number of benzene rings is 1. The Balaban J connectivity index is 2.28. The van der Waals surface area contributed by atoms with Gasteiger partial charge < -0.3 is 14.2 Å². The summed E-state index contributed by atoms with van der Waals surface area (Å²) in [4.78, 5) is 11.3. The molecule has 1 aliphatic heterocycles. The maximum absolute atomic E-state index is 13.8. The molecule has 1 aromatic rings. The van der Waals surface area contributed by atoms with E-state index in [2.05, 4.69) is 4.74 Å². The van der Waals surface area contributed by atoms with E-state index in [4.69, 9.17) is 21.1 Å². The Hall–Kier alpha value is -1.75.